The molecule has 5 nitrogen and oxygen atoms in total. The van der Waals surface area contributed by atoms with E-state index in [2.05, 4.69) is 0 Å². The molecule has 0 fully saturated rings. The summed E-state index contributed by atoms with van der Waals surface area (Å²) in [5.41, 5.74) is -0.0388. The number of hydrogen-bond acceptors (Lipinski definition) is 3. The minimum atomic E-state index is -1.11. The van der Waals surface area contributed by atoms with Crippen LogP contribution in [0, 0.1) is 0 Å². The summed E-state index contributed by atoms with van der Waals surface area (Å²) in [5, 5.41) is 27.7. The molecule has 0 aromatic heterocycles. The molecule has 0 atom stereocenters. The van der Waals surface area contributed by atoms with E-state index < -0.39 is 11.9 Å². The Morgan fingerprint density at radius 3 is 2.24 bits per heavy atom. The fourth-order valence-corrected chi connectivity index (χ4v) is 1.81. The third kappa shape index (κ3) is 4.80. The second kappa shape index (κ2) is 7.89. The summed E-state index contributed by atoms with van der Waals surface area (Å²) in [6.07, 6.45) is 2.08. The first-order chi connectivity index (χ1) is 9.97. The van der Waals surface area contributed by atoms with Crippen LogP contribution in [-0.4, -0.2) is 27.3 Å². The van der Waals surface area contributed by atoms with Crippen LogP contribution in [-0.2, 0) is 4.79 Å². The Balaban J connectivity index is 0.000000270. The number of hydrogen-bond donors (Lipinski definition) is 3. The molecule has 2 aromatic rings. The minimum Gasteiger partial charge on any atom is -0.507 e. The van der Waals surface area contributed by atoms with E-state index in [4.69, 9.17) is 10.2 Å². The Morgan fingerprint density at radius 2 is 1.71 bits per heavy atom. The number of carbonyl (C=O) groups is 2. The fourth-order valence-electron chi connectivity index (χ4n) is 1.81. The highest BCUT2D eigenvalue weighted by Crippen LogP contribution is 2.26. The summed E-state index contributed by atoms with van der Waals surface area (Å²) >= 11 is 0. The van der Waals surface area contributed by atoms with Crippen LogP contribution in [0.1, 0.15) is 36.5 Å². The highest BCUT2D eigenvalue weighted by molar-refractivity contribution is 6.06. The number of carboxylic acid groups (broad SMARTS) is 2. The predicted molar refractivity (Wildman–Crippen MR) is 79.7 cm³/mol. The molecule has 0 aliphatic heterocycles. The zero-order valence-electron chi connectivity index (χ0n) is 11.7. The zero-order chi connectivity index (χ0) is 15.8. The van der Waals surface area contributed by atoms with Gasteiger partial charge in [0.2, 0.25) is 0 Å². The Hall–Kier alpha value is -2.56. The van der Waals surface area contributed by atoms with Gasteiger partial charge in [-0.3, -0.25) is 4.79 Å². The number of aromatic hydroxyl groups is 1. The molecule has 2 rings (SSSR count). The van der Waals surface area contributed by atoms with Crippen molar-refractivity contribution in [3.63, 3.8) is 0 Å². The monoisotopic (exact) mass is 290 g/mol. The molecule has 0 aliphatic rings. The van der Waals surface area contributed by atoms with Crippen LogP contribution in [0.15, 0.2) is 36.4 Å². The molecule has 0 spiro atoms. The van der Waals surface area contributed by atoms with Crippen LogP contribution in [0.3, 0.4) is 0 Å². The van der Waals surface area contributed by atoms with Crippen LogP contribution in [0.4, 0.5) is 0 Å². The summed E-state index contributed by atoms with van der Waals surface area (Å²) in [4.78, 5) is 20.6. The number of benzene rings is 2. The third-order valence-electron chi connectivity index (χ3n) is 2.87. The lowest BCUT2D eigenvalue weighted by atomic mass is 10.0. The second-order valence-corrected chi connectivity index (χ2v) is 4.48. The Bertz CT molecular complexity index is 634. The van der Waals surface area contributed by atoms with Crippen LogP contribution in [0.2, 0.25) is 0 Å². The number of aromatic carboxylic acids is 1. The van der Waals surface area contributed by atoms with Gasteiger partial charge < -0.3 is 15.3 Å². The number of phenols is 1. The Kier molecular flexibility index (Phi) is 6.20. The van der Waals surface area contributed by atoms with Crippen molar-refractivity contribution in [3.8, 4) is 5.75 Å². The molecule has 2 aromatic carbocycles. The number of fused-ring (bicyclic) bond motifs is 1. The molecule has 3 N–H and O–H groups in total. The van der Waals surface area contributed by atoms with Gasteiger partial charge >= 0.3 is 11.9 Å². The van der Waals surface area contributed by atoms with E-state index in [-0.39, 0.29) is 11.3 Å². The fraction of sp³-hybridized carbons (Fsp3) is 0.250. The quantitative estimate of drug-likeness (QED) is 0.801. The van der Waals surface area contributed by atoms with Gasteiger partial charge in [-0.25, -0.2) is 4.79 Å². The van der Waals surface area contributed by atoms with Gasteiger partial charge in [-0.1, -0.05) is 43.7 Å². The number of rotatable bonds is 4. The zero-order valence-corrected chi connectivity index (χ0v) is 11.7. The van der Waals surface area contributed by atoms with Crippen LogP contribution < -0.4 is 0 Å². The van der Waals surface area contributed by atoms with E-state index in [1.807, 2.05) is 13.0 Å². The van der Waals surface area contributed by atoms with Crippen molar-refractivity contribution in [3.05, 3.63) is 42.0 Å². The summed E-state index contributed by atoms with van der Waals surface area (Å²) in [6, 6.07) is 10.1. The Morgan fingerprint density at radius 1 is 1.05 bits per heavy atom. The summed E-state index contributed by atoms with van der Waals surface area (Å²) in [5.74, 6) is -2.00. The van der Waals surface area contributed by atoms with E-state index in [0.29, 0.717) is 11.8 Å². The molecule has 21 heavy (non-hydrogen) atoms. The van der Waals surface area contributed by atoms with E-state index in [1.54, 1.807) is 24.3 Å². The van der Waals surface area contributed by atoms with Crippen molar-refractivity contribution in [2.24, 2.45) is 0 Å². The van der Waals surface area contributed by atoms with Gasteiger partial charge in [-0.05, 0) is 23.3 Å². The summed E-state index contributed by atoms with van der Waals surface area (Å²) < 4.78 is 0. The van der Waals surface area contributed by atoms with E-state index >= 15 is 0 Å². The SMILES string of the molecule is CCCCC(=O)O.O=C(O)c1c(O)ccc2ccccc12. The van der Waals surface area contributed by atoms with Gasteiger partial charge in [-0.2, -0.15) is 0 Å². The van der Waals surface area contributed by atoms with E-state index in [9.17, 15) is 14.7 Å². The van der Waals surface area contributed by atoms with Crippen molar-refractivity contribution in [2.75, 3.05) is 0 Å². The number of aliphatic carboxylic acids is 1. The number of unbranched alkanes of at least 4 members (excludes halogenated alkanes) is 1. The van der Waals surface area contributed by atoms with Gasteiger partial charge in [0, 0.05) is 6.42 Å². The van der Waals surface area contributed by atoms with Gasteiger partial charge in [0.1, 0.15) is 11.3 Å². The molecule has 0 amide bonds. The third-order valence-corrected chi connectivity index (χ3v) is 2.87. The molecule has 0 bridgehead atoms. The van der Waals surface area contributed by atoms with E-state index in [1.165, 1.54) is 6.07 Å². The maximum Gasteiger partial charge on any atom is 0.340 e. The number of carboxylic acids is 2. The van der Waals surface area contributed by atoms with Gasteiger partial charge in [-0.15, -0.1) is 0 Å². The molecular weight excluding hydrogens is 272 g/mol. The van der Waals surface area contributed by atoms with Gasteiger partial charge in [0.15, 0.2) is 0 Å². The largest absolute Gasteiger partial charge is 0.507 e. The standard InChI is InChI=1S/C11H8O3.C5H10O2/c12-9-6-5-7-3-1-2-4-8(7)10(9)11(13)14;1-2-3-4-5(6)7/h1-6,12H,(H,13,14);2-4H2,1H3,(H,6,7). The van der Waals surface area contributed by atoms with Crippen molar-refractivity contribution in [2.45, 2.75) is 26.2 Å². The molecule has 0 unspecified atom stereocenters. The van der Waals surface area contributed by atoms with Crippen LogP contribution in [0.5, 0.6) is 5.75 Å². The minimum absolute atomic E-state index is 0.0388. The molecule has 5 heteroatoms. The molecule has 0 saturated heterocycles. The maximum atomic E-state index is 10.9. The molecular formula is C16H18O5. The van der Waals surface area contributed by atoms with Crippen molar-refractivity contribution >= 4 is 22.7 Å². The maximum absolute atomic E-state index is 10.9. The molecule has 112 valence electrons. The highest BCUT2D eigenvalue weighted by atomic mass is 16.4. The predicted octanol–water partition coefficient (Wildman–Crippen LogP) is 3.50. The molecule has 0 saturated carbocycles. The normalized spacial score (nSPS) is 9.76. The van der Waals surface area contributed by atoms with Crippen LogP contribution >= 0.6 is 0 Å². The average molecular weight is 290 g/mol. The lowest BCUT2D eigenvalue weighted by Crippen LogP contribution is -1.97. The van der Waals surface area contributed by atoms with E-state index in [0.717, 1.165) is 18.2 Å². The molecule has 0 heterocycles. The van der Waals surface area contributed by atoms with Crippen molar-refractivity contribution in [1.82, 2.24) is 0 Å². The first-order valence-electron chi connectivity index (χ1n) is 6.63. The molecule has 0 aliphatic carbocycles. The second-order valence-electron chi connectivity index (χ2n) is 4.48. The smallest absolute Gasteiger partial charge is 0.340 e. The Labute approximate surface area is 122 Å². The first-order valence-corrected chi connectivity index (χ1v) is 6.63. The summed E-state index contributed by atoms with van der Waals surface area (Å²) in [6.45, 7) is 1.98. The molecule has 0 radical (unpaired) electrons. The highest BCUT2D eigenvalue weighted by Gasteiger charge is 2.12. The first kappa shape index (κ1) is 16.5. The lowest BCUT2D eigenvalue weighted by molar-refractivity contribution is -0.137. The summed E-state index contributed by atoms with van der Waals surface area (Å²) in [7, 11) is 0. The van der Waals surface area contributed by atoms with Gasteiger partial charge in [0.05, 0.1) is 0 Å². The van der Waals surface area contributed by atoms with Crippen LogP contribution in [0.25, 0.3) is 10.8 Å². The van der Waals surface area contributed by atoms with Gasteiger partial charge in [0.25, 0.3) is 0 Å². The van der Waals surface area contributed by atoms with Crippen molar-refractivity contribution < 1.29 is 24.9 Å². The van der Waals surface area contributed by atoms with Crippen molar-refractivity contribution in [1.29, 1.82) is 0 Å². The lowest BCUT2D eigenvalue weighted by Gasteiger charge is -2.03. The topological polar surface area (TPSA) is 94.8 Å². The average Bonchev–Trinajstić information content (AvgIpc) is 2.45.